The van der Waals surface area contributed by atoms with Crippen LogP contribution in [-0.2, 0) is 6.61 Å². The van der Waals surface area contributed by atoms with Gasteiger partial charge in [-0.05, 0) is 17.7 Å². The fourth-order valence-electron chi connectivity index (χ4n) is 1.56. The van der Waals surface area contributed by atoms with Crippen LogP contribution in [0.1, 0.15) is 5.56 Å². The van der Waals surface area contributed by atoms with Crippen LogP contribution in [0.5, 0.6) is 5.75 Å². The highest BCUT2D eigenvalue weighted by Crippen LogP contribution is 2.36. The minimum Gasteiger partial charge on any atom is -0.482 e. The summed E-state index contributed by atoms with van der Waals surface area (Å²) in [5.74, 6) is 0.0874. The third-order valence-corrected chi connectivity index (χ3v) is 3.70. The van der Waals surface area contributed by atoms with E-state index in [4.69, 9.17) is 27.9 Å². The normalized spacial score (nSPS) is 10.3. The maximum absolute atomic E-state index is 11.0. The number of halogens is 3. The van der Waals surface area contributed by atoms with E-state index in [1.54, 1.807) is 0 Å². The predicted octanol–water partition coefficient (Wildman–Crippen LogP) is 5.24. The lowest BCUT2D eigenvalue weighted by Gasteiger charge is -2.08. The summed E-state index contributed by atoms with van der Waals surface area (Å²) in [5.41, 5.74) is 0.661. The van der Waals surface area contributed by atoms with Gasteiger partial charge in [0.25, 0.3) is 0 Å². The van der Waals surface area contributed by atoms with Gasteiger partial charge in [0, 0.05) is 16.6 Å². The van der Waals surface area contributed by atoms with Crippen molar-refractivity contribution >= 4 is 44.8 Å². The summed E-state index contributed by atoms with van der Waals surface area (Å²) in [6.45, 7) is 0.193. The number of ether oxygens (including phenoxy) is 1. The van der Waals surface area contributed by atoms with Crippen LogP contribution in [0.2, 0.25) is 10.0 Å². The molecule has 7 heteroatoms. The second-order valence-corrected chi connectivity index (χ2v) is 5.64. The van der Waals surface area contributed by atoms with Gasteiger partial charge < -0.3 is 4.74 Å². The highest BCUT2D eigenvalue weighted by Gasteiger charge is 2.18. The van der Waals surface area contributed by atoms with Crippen molar-refractivity contribution in [3.05, 3.63) is 66.6 Å². The Hall–Kier alpha value is -1.30. The quantitative estimate of drug-likeness (QED) is 0.541. The van der Waals surface area contributed by atoms with E-state index in [1.165, 1.54) is 12.1 Å². The fourth-order valence-corrected chi connectivity index (χ4v) is 2.32. The molecule has 0 heterocycles. The Morgan fingerprint density at radius 2 is 1.90 bits per heavy atom. The molecule has 104 valence electrons. The summed E-state index contributed by atoms with van der Waals surface area (Å²) in [6.07, 6.45) is 0. The molecule has 0 saturated heterocycles. The maximum atomic E-state index is 11.0. The van der Waals surface area contributed by atoms with Crippen LogP contribution in [0.15, 0.2) is 40.9 Å². The minimum atomic E-state index is -0.557. The molecule has 0 saturated carbocycles. The number of hydrogen-bond donors (Lipinski definition) is 0. The predicted molar refractivity (Wildman–Crippen MR) is 81.6 cm³/mol. The van der Waals surface area contributed by atoms with E-state index in [1.807, 2.05) is 24.3 Å². The van der Waals surface area contributed by atoms with E-state index in [-0.39, 0.29) is 28.1 Å². The van der Waals surface area contributed by atoms with Gasteiger partial charge in [0.15, 0.2) is 5.75 Å². The Labute approximate surface area is 133 Å². The van der Waals surface area contributed by atoms with Crippen LogP contribution in [0, 0.1) is 10.1 Å². The topological polar surface area (TPSA) is 52.4 Å². The Balaban J connectivity index is 2.24. The molecule has 0 amide bonds. The first kappa shape index (κ1) is 15.1. The highest BCUT2D eigenvalue weighted by atomic mass is 79.9. The van der Waals surface area contributed by atoms with Crippen molar-refractivity contribution in [3.8, 4) is 5.75 Å². The highest BCUT2D eigenvalue weighted by molar-refractivity contribution is 9.10. The minimum absolute atomic E-state index is 0.0874. The molecule has 2 aromatic carbocycles. The second-order valence-electron chi connectivity index (χ2n) is 3.91. The Bertz CT molecular complexity index is 664. The molecule has 4 nitrogen and oxygen atoms in total. The molecule has 0 aliphatic heterocycles. The summed E-state index contributed by atoms with van der Waals surface area (Å²) in [5, 5.41) is 11.3. The molecule has 0 aliphatic rings. The van der Waals surface area contributed by atoms with E-state index in [0.29, 0.717) is 0 Å². The van der Waals surface area contributed by atoms with Crippen molar-refractivity contribution < 1.29 is 9.66 Å². The first-order valence-corrected chi connectivity index (χ1v) is 7.03. The van der Waals surface area contributed by atoms with Gasteiger partial charge in [-0.2, -0.15) is 0 Å². The van der Waals surface area contributed by atoms with E-state index in [9.17, 15) is 10.1 Å². The lowest BCUT2D eigenvalue weighted by molar-refractivity contribution is -0.385. The monoisotopic (exact) mass is 375 g/mol. The molecule has 0 aliphatic carbocycles. The molecule has 0 bridgehead atoms. The number of nitro benzene ring substituents is 1. The molecule has 0 unspecified atom stereocenters. The zero-order valence-corrected chi connectivity index (χ0v) is 13.1. The van der Waals surface area contributed by atoms with Gasteiger partial charge in [-0.15, -0.1) is 0 Å². The van der Waals surface area contributed by atoms with Gasteiger partial charge in [0.05, 0.1) is 15.0 Å². The smallest absolute Gasteiger partial charge is 0.312 e. The molecule has 0 N–H and O–H groups in total. The van der Waals surface area contributed by atoms with Gasteiger partial charge in [0.1, 0.15) is 6.61 Å². The van der Waals surface area contributed by atoms with Crippen LogP contribution >= 0.6 is 39.1 Å². The average molecular weight is 377 g/mol. The van der Waals surface area contributed by atoms with Gasteiger partial charge >= 0.3 is 5.69 Å². The van der Waals surface area contributed by atoms with Crippen molar-refractivity contribution in [2.24, 2.45) is 0 Å². The molecule has 20 heavy (non-hydrogen) atoms. The van der Waals surface area contributed by atoms with Crippen LogP contribution in [0.25, 0.3) is 0 Å². The first-order valence-electron chi connectivity index (χ1n) is 5.48. The van der Waals surface area contributed by atoms with Crippen molar-refractivity contribution in [2.75, 3.05) is 0 Å². The molecule has 0 aromatic heterocycles. The summed E-state index contributed by atoms with van der Waals surface area (Å²) >= 11 is 15.0. The van der Waals surface area contributed by atoms with E-state index in [2.05, 4.69) is 15.9 Å². The first-order chi connectivity index (χ1) is 9.47. The largest absolute Gasteiger partial charge is 0.482 e. The van der Waals surface area contributed by atoms with Crippen molar-refractivity contribution in [1.29, 1.82) is 0 Å². The van der Waals surface area contributed by atoms with Gasteiger partial charge in [-0.1, -0.05) is 51.3 Å². The number of hydrogen-bond acceptors (Lipinski definition) is 3. The average Bonchev–Trinajstić information content (AvgIpc) is 2.39. The molecular formula is C13H8BrCl2NO3. The van der Waals surface area contributed by atoms with E-state index < -0.39 is 4.92 Å². The van der Waals surface area contributed by atoms with Crippen molar-refractivity contribution in [3.63, 3.8) is 0 Å². The molecule has 0 spiro atoms. The van der Waals surface area contributed by atoms with Crippen molar-refractivity contribution in [2.45, 2.75) is 6.61 Å². The van der Waals surface area contributed by atoms with Gasteiger partial charge in [0.2, 0.25) is 0 Å². The molecule has 0 atom stereocenters. The number of benzene rings is 2. The summed E-state index contributed by atoms with van der Waals surface area (Å²) in [6, 6.07) is 9.98. The summed E-state index contributed by atoms with van der Waals surface area (Å²) in [4.78, 5) is 10.4. The van der Waals surface area contributed by atoms with E-state index >= 15 is 0 Å². The molecule has 0 fully saturated rings. The molecular weight excluding hydrogens is 369 g/mol. The van der Waals surface area contributed by atoms with Crippen molar-refractivity contribution in [1.82, 2.24) is 0 Å². The lowest BCUT2D eigenvalue weighted by atomic mass is 10.2. The summed E-state index contributed by atoms with van der Waals surface area (Å²) in [7, 11) is 0. The Kier molecular flexibility index (Phi) is 4.86. The zero-order valence-electron chi connectivity index (χ0n) is 9.98. The second kappa shape index (κ2) is 6.43. The maximum Gasteiger partial charge on any atom is 0.312 e. The van der Waals surface area contributed by atoms with Gasteiger partial charge in [-0.25, -0.2) is 0 Å². The lowest BCUT2D eigenvalue weighted by Crippen LogP contribution is -1.99. The van der Waals surface area contributed by atoms with Crippen LogP contribution in [-0.4, -0.2) is 4.92 Å². The standard InChI is InChI=1S/C13H8BrCl2NO3/c14-9-3-1-2-8(4-9)7-20-13-6-11(16)10(15)5-12(13)17(18)19/h1-6H,7H2. The third-order valence-electron chi connectivity index (χ3n) is 2.48. The Morgan fingerprint density at radius 3 is 2.55 bits per heavy atom. The molecule has 2 aromatic rings. The number of nitro groups is 1. The van der Waals surface area contributed by atoms with Crippen LogP contribution < -0.4 is 4.74 Å². The summed E-state index contributed by atoms with van der Waals surface area (Å²) < 4.78 is 6.37. The molecule has 0 radical (unpaired) electrons. The molecule has 2 rings (SSSR count). The fraction of sp³-hybridized carbons (Fsp3) is 0.0769. The third kappa shape index (κ3) is 3.62. The van der Waals surface area contributed by atoms with E-state index in [0.717, 1.165) is 10.0 Å². The van der Waals surface area contributed by atoms with Gasteiger partial charge in [-0.3, -0.25) is 10.1 Å². The zero-order chi connectivity index (χ0) is 14.7. The van der Waals surface area contributed by atoms with Crippen LogP contribution in [0.4, 0.5) is 5.69 Å². The number of rotatable bonds is 4. The number of nitrogens with zero attached hydrogens (tertiary/aromatic N) is 1. The SMILES string of the molecule is O=[N+]([O-])c1cc(Cl)c(Cl)cc1OCc1cccc(Br)c1. The Morgan fingerprint density at radius 1 is 1.20 bits per heavy atom. The van der Waals surface area contributed by atoms with Crippen LogP contribution in [0.3, 0.4) is 0 Å².